The number of hydrogen-bond donors (Lipinski definition) is 2. The predicted octanol–water partition coefficient (Wildman–Crippen LogP) is 2.52. The van der Waals surface area contributed by atoms with Gasteiger partial charge in [-0.25, -0.2) is 0 Å². The van der Waals surface area contributed by atoms with Crippen LogP contribution in [0.25, 0.3) is 11.1 Å². The van der Waals surface area contributed by atoms with Crippen LogP contribution in [0.15, 0.2) is 48.5 Å². The monoisotopic (exact) mass is 340 g/mol. The molecule has 2 aromatic carbocycles. The third-order valence-corrected chi connectivity index (χ3v) is 4.32. The number of esters is 1. The van der Waals surface area contributed by atoms with Gasteiger partial charge in [0.2, 0.25) is 0 Å². The Hall–Kier alpha value is -3.15. The van der Waals surface area contributed by atoms with Crippen LogP contribution in [0.3, 0.4) is 0 Å². The zero-order valence-electron chi connectivity index (χ0n) is 13.2. The van der Waals surface area contributed by atoms with Gasteiger partial charge >= 0.3 is 17.9 Å². The number of rotatable bonds is 6. The van der Waals surface area contributed by atoms with Crippen molar-refractivity contribution in [1.82, 2.24) is 0 Å². The summed E-state index contributed by atoms with van der Waals surface area (Å²) < 4.78 is 5.18. The highest BCUT2D eigenvalue weighted by Crippen LogP contribution is 2.44. The van der Waals surface area contributed by atoms with Crippen molar-refractivity contribution >= 4 is 17.9 Å². The van der Waals surface area contributed by atoms with Gasteiger partial charge in [0.25, 0.3) is 0 Å². The number of benzene rings is 2. The second-order valence-corrected chi connectivity index (χ2v) is 5.85. The molecule has 0 bridgehead atoms. The highest BCUT2D eigenvalue weighted by atomic mass is 16.5. The SMILES string of the molecule is O=C(O)CC(C(=O)O)C(=O)OCC1c2ccccc2-c2ccccc21. The van der Waals surface area contributed by atoms with Crippen LogP contribution in [-0.4, -0.2) is 34.7 Å². The molecule has 0 heterocycles. The minimum atomic E-state index is -1.70. The van der Waals surface area contributed by atoms with Crippen molar-refractivity contribution in [1.29, 1.82) is 0 Å². The second kappa shape index (κ2) is 6.76. The summed E-state index contributed by atoms with van der Waals surface area (Å²) in [6.07, 6.45) is -0.800. The Bertz CT molecular complexity index is 796. The van der Waals surface area contributed by atoms with Gasteiger partial charge in [0.1, 0.15) is 6.61 Å². The largest absolute Gasteiger partial charge is 0.481 e. The quantitative estimate of drug-likeness (QED) is 0.619. The first-order valence-electron chi connectivity index (χ1n) is 7.78. The summed E-state index contributed by atoms with van der Waals surface area (Å²) in [5.74, 6) is -5.79. The van der Waals surface area contributed by atoms with Crippen LogP contribution < -0.4 is 0 Å². The molecule has 1 atom stereocenters. The Balaban J connectivity index is 1.80. The maximum atomic E-state index is 12.0. The van der Waals surface area contributed by atoms with Gasteiger partial charge < -0.3 is 14.9 Å². The number of carbonyl (C=O) groups is 3. The summed E-state index contributed by atoms with van der Waals surface area (Å²) in [7, 11) is 0. The van der Waals surface area contributed by atoms with Crippen molar-refractivity contribution < 1.29 is 29.3 Å². The van der Waals surface area contributed by atoms with E-state index in [9.17, 15) is 14.4 Å². The van der Waals surface area contributed by atoms with Crippen molar-refractivity contribution in [2.45, 2.75) is 12.3 Å². The molecule has 2 N–H and O–H groups in total. The first-order chi connectivity index (χ1) is 12.0. The van der Waals surface area contributed by atoms with Gasteiger partial charge in [0, 0.05) is 5.92 Å². The van der Waals surface area contributed by atoms with Gasteiger partial charge in [0.05, 0.1) is 6.42 Å². The first-order valence-corrected chi connectivity index (χ1v) is 7.78. The zero-order valence-corrected chi connectivity index (χ0v) is 13.2. The van der Waals surface area contributed by atoms with Crippen LogP contribution in [-0.2, 0) is 19.1 Å². The van der Waals surface area contributed by atoms with E-state index >= 15 is 0 Å². The number of carbonyl (C=O) groups excluding carboxylic acids is 1. The van der Waals surface area contributed by atoms with E-state index in [0.29, 0.717) is 0 Å². The molecule has 1 unspecified atom stereocenters. The van der Waals surface area contributed by atoms with Crippen LogP contribution in [0.1, 0.15) is 23.5 Å². The molecule has 6 heteroatoms. The van der Waals surface area contributed by atoms with Gasteiger partial charge in [-0.15, -0.1) is 0 Å². The minimum absolute atomic E-state index is 0.0315. The van der Waals surface area contributed by atoms with Crippen molar-refractivity contribution in [2.24, 2.45) is 5.92 Å². The van der Waals surface area contributed by atoms with Crippen LogP contribution in [0.4, 0.5) is 0 Å². The molecule has 3 rings (SSSR count). The van der Waals surface area contributed by atoms with Crippen LogP contribution in [0.5, 0.6) is 0 Å². The van der Waals surface area contributed by atoms with Gasteiger partial charge in [0.15, 0.2) is 5.92 Å². The summed E-state index contributed by atoms with van der Waals surface area (Å²) in [5, 5.41) is 17.8. The lowest BCUT2D eigenvalue weighted by Crippen LogP contribution is -2.29. The molecule has 128 valence electrons. The number of fused-ring (bicyclic) bond motifs is 3. The molecule has 0 saturated heterocycles. The van der Waals surface area contributed by atoms with Crippen molar-refractivity contribution in [3.63, 3.8) is 0 Å². The molecule has 0 saturated carbocycles. The Kier molecular flexibility index (Phi) is 4.52. The maximum absolute atomic E-state index is 12.0. The molecule has 1 aliphatic carbocycles. The number of carboxylic acid groups (broad SMARTS) is 2. The number of aliphatic carboxylic acids is 2. The molecule has 0 amide bonds. The predicted molar refractivity (Wildman–Crippen MR) is 88.1 cm³/mol. The number of ether oxygens (including phenoxy) is 1. The summed E-state index contributed by atoms with van der Waals surface area (Å²) in [4.78, 5) is 33.9. The van der Waals surface area contributed by atoms with E-state index < -0.39 is 30.2 Å². The van der Waals surface area contributed by atoms with E-state index in [2.05, 4.69) is 0 Å². The van der Waals surface area contributed by atoms with Crippen LogP contribution >= 0.6 is 0 Å². The molecule has 2 aromatic rings. The fourth-order valence-corrected chi connectivity index (χ4v) is 3.15. The molecule has 25 heavy (non-hydrogen) atoms. The van der Waals surface area contributed by atoms with Crippen molar-refractivity contribution in [3.8, 4) is 11.1 Å². The third-order valence-electron chi connectivity index (χ3n) is 4.32. The fraction of sp³-hybridized carbons (Fsp3) is 0.211. The van der Waals surface area contributed by atoms with Gasteiger partial charge in [-0.1, -0.05) is 48.5 Å². The van der Waals surface area contributed by atoms with E-state index in [4.69, 9.17) is 14.9 Å². The van der Waals surface area contributed by atoms with Gasteiger partial charge in [-0.05, 0) is 22.3 Å². The first kappa shape index (κ1) is 16.7. The second-order valence-electron chi connectivity index (χ2n) is 5.85. The maximum Gasteiger partial charge on any atom is 0.320 e. The van der Waals surface area contributed by atoms with E-state index in [0.717, 1.165) is 22.3 Å². The van der Waals surface area contributed by atoms with Crippen molar-refractivity contribution in [3.05, 3.63) is 59.7 Å². The van der Waals surface area contributed by atoms with Crippen molar-refractivity contribution in [2.75, 3.05) is 6.61 Å². The highest BCUT2D eigenvalue weighted by molar-refractivity contribution is 5.97. The molecular formula is C19H16O6. The highest BCUT2D eigenvalue weighted by Gasteiger charge is 2.33. The average molecular weight is 340 g/mol. The molecule has 6 nitrogen and oxygen atoms in total. The molecule has 0 radical (unpaired) electrons. The van der Waals surface area contributed by atoms with Gasteiger partial charge in [-0.2, -0.15) is 0 Å². The smallest absolute Gasteiger partial charge is 0.320 e. The Morgan fingerprint density at radius 3 is 1.92 bits per heavy atom. The number of hydrogen-bond acceptors (Lipinski definition) is 4. The Morgan fingerprint density at radius 2 is 1.44 bits per heavy atom. The normalized spacial score (nSPS) is 13.6. The summed E-state index contributed by atoms with van der Waals surface area (Å²) in [6, 6.07) is 15.5. The summed E-state index contributed by atoms with van der Waals surface area (Å²) >= 11 is 0. The lowest BCUT2D eigenvalue weighted by atomic mass is 9.98. The van der Waals surface area contributed by atoms with Crippen LogP contribution in [0.2, 0.25) is 0 Å². The minimum Gasteiger partial charge on any atom is -0.481 e. The van der Waals surface area contributed by atoms with E-state index in [1.807, 2.05) is 48.5 Å². The van der Waals surface area contributed by atoms with Crippen LogP contribution in [0, 0.1) is 5.92 Å². The Labute approximate surface area is 143 Å². The van der Waals surface area contributed by atoms with Gasteiger partial charge in [-0.3, -0.25) is 14.4 Å². The molecular weight excluding hydrogens is 324 g/mol. The van der Waals surface area contributed by atoms with E-state index in [1.54, 1.807) is 0 Å². The Morgan fingerprint density at radius 1 is 0.920 bits per heavy atom. The zero-order chi connectivity index (χ0) is 18.0. The standard InChI is InChI=1S/C19H16O6/c20-17(21)9-15(18(22)23)19(24)25-10-16-13-7-3-1-5-11(13)12-6-2-4-8-14(12)16/h1-8,15-16H,9-10H2,(H,20,21)(H,22,23). The number of carboxylic acids is 2. The molecule has 1 aliphatic rings. The summed E-state index contributed by atoms with van der Waals surface area (Å²) in [6.45, 7) is -0.0315. The van der Waals surface area contributed by atoms with E-state index in [-0.39, 0.29) is 12.5 Å². The lowest BCUT2D eigenvalue weighted by Gasteiger charge is -2.16. The third kappa shape index (κ3) is 3.24. The van der Waals surface area contributed by atoms with E-state index in [1.165, 1.54) is 0 Å². The molecule has 0 fully saturated rings. The average Bonchev–Trinajstić information content (AvgIpc) is 2.91. The molecule has 0 aliphatic heterocycles. The fourth-order valence-electron chi connectivity index (χ4n) is 3.15. The molecule has 0 aromatic heterocycles. The summed E-state index contributed by atoms with van der Waals surface area (Å²) in [5.41, 5.74) is 4.11. The molecule has 0 spiro atoms. The lowest BCUT2D eigenvalue weighted by molar-refractivity contribution is -0.162. The topological polar surface area (TPSA) is 101 Å².